The second-order valence-electron chi connectivity index (χ2n) is 8.48. The van der Waals surface area contributed by atoms with Gasteiger partial charge in [0.25, 0.3) is 0 Å². The van der Waals surface area contributed by atoms with Gasteiger partial charge in [-0.3, -0.25) is 4.79 Å². The van der Waals surface area contributed by atoms with E-state index in [9.17, 15) is 4.79 Å². The summed E-state index contributed by atoms with van der Waals surface area (Å²) in [5, 5.41) is 0. The Balaban J connectivity index is 3.36. The Bertz CT molecular complexity index is 278. The van der Waals surface area contributed by atoms with Gasteiger partial charge in [0.05, 0.1) is 6.61 Å². The highest BCUT2D eigenvalue weighted by molar-refractivity contribution is 5.69. The SMILES string of the molecule is CCCCCCCCCCCCOC(=O)CC(C)CC(C)(C)C. The lowest BCUT2D eigenvalue weighted by Gasteiger charge is -2.22. The zero-order valence-electron chi connectivity index (χ0n) is 16.6. The Hall–Kier alpha value is -0.530. The number of hydrogen-bond donors (Lipinski definition) is 0. The van der Waals surface area contributed by atoms with Crippen molar-refractivity contribution in [3.63, 3.8) is 0 Å². The molecule has 0 amide bonds. The first-order valence-corrected chi connectivity index (χ1v) is 10.0. The van der Waals surface area contributed by atoms with Crippen LogP contribution in [0.3, 0.4) is 0 Å². The van der Waals surface area contributed by atoms with Crippen LogP contribution in [0.15, 0.2) is 0 Å². The molecule has 0 saturated heterocycles. The highest BCUT2D eigenvalue weighted by Crippen LogP contribution is 2.26. The van der Waals surface area contributed by atoms with Crippen molar-refractivity contribution in [2.24, 2.45) is 11.3 Å². The van der Waals surface area contributed by atoms with Gasteiger partial charge in [-0.15, -0.1) is 0 Å². The number of hydrogen-bond acceptors (Lipinski definition) is 2. The summed E-state index contributed by atoms with van der Waals surface area (Å²) >= 11 is 0. The minimum absolute atomic E-state index is 0.0160. The summed E-state index contributed by atoms with van der Waals surface area (Å²) in [5.41, 5.74) is 0.288. The minimum atomic E-state index is -0.0160. The molecule has 0 rings (SSSR count). The van der Waals surface area contributed by atoms with Gasteiger partial charge in [-0.1, -0.05) is 92.4 Å². The number of carbonyl (C=O) groups excluding carboxylic acids is 1. The zero-order valence-corrected chi connectivity index (χ0v) is 16.6. The predicted octanol–water partition coefficient (Wildman–Crippen LogP) is 6.91. The first kappa shape index (κ1) is 22.5. The van der Waals surface area contributed by atoms with Crippen LogP contribution in [0.5, 0.6) is 0 Å². The maximum absolute atomic E-state index is 11.8. The van der Waals surface area contributed by atoms with Crippen molar-refractivity contribution in [2.75, 3.05) is 6.61 Å². The lowest BCUT2D eigenvalue weighted by molar-refractivity contribution is -0.144. The third kappa shape index (κ3) is 17.7. The number of ether oxygens (including phenoxy) is 1. The molecule has 0 N–H and O–H groups in total. The van der Waals surface area contributed by atoms with Crippen LogP contribution in [0.4, 0.5) is 0 Å². The summed E-state index contributed by atoms with van der Waals surface area (Å²) in [4.78, 5) is 11.8. The zero-order chi connectivity index (χ0) is 17.6. The molecule has 0 bridgehead atoms. The summed E-state index contributed by atoms with van der Waals surface area (Å²) in [7, 11) is 0. The van der Waals surface area contributed by atoms with E-state index in [-0.39, 0.29) is 11.4 Å². The first-order chi connectivity index (χ1) is 10.8. The average Bonchev–Trinajstić information content (AvgIpc) is 2.42. The van der Waals surface area contributed by atoms with Gasteiger partial charge in [-0.2, -0.15) is 0 Å². The van der Waals surface area contributed by atoms with Gasteiger partial charge in [-0.05, 0) is 24.2 Å². The number of rotatable bonds is 14. The normalized spacial score (nSPS) is 13.1. The molecule has 2 heteroatoms. The van der Waals surface area contributed by atoms with E-state index in [2.05, 4.69) is 34.6 Å². The van der Waals surface area contributed by atoms with E-state index in [1.165, 1.54) is 57.8 Å². The van der Waals surface area contributed by atoms with Gasteiger partial charge in [0.1, 0.15) is 0 Å². The second-order valence-corrected chi connectivity index (χ2v) is 8.48. The van der Waals surface area contributed by atoms with Crippen LogP contribution in [0.2, 0.25) is 0 Å². The van der Waals surface area contributed by atoms with Crippen LogP contribution >= 0.6 is 0 Å². The molecule has 1 unspecified atom stereocenters. The predicted molar refractivity (Wildman–Crippen MR) is 101 cm³/mol. The number of carbonyl (C=O) groups is 1. The Morgan fingerprint density at radius 3 is 1.83 bits per heavy atom. The summed E-state index contributed by atoms with van der Waals surface area (Å²) < 4.78 is 5.36. The van der Waals surface area contributed by atoms with Gasteiger partial charge < -0.3 is 4.74 Å². The van der Waals surface area contributed by atoms with Crippen LogP contribution < -0.4 is 0 Å². The van der Waals surface area contributed by atoms with Crippen molar-refractivity contribution in [3.05, 3.63) is 0 Å². The van der Waals surface area contributed by atoms with Gasteiger partial charge in [-0.25, -0.2) is 0 Å². The lowest BCUT2D eigenvalue weighted by atomic mass is 9.84. The van der Waals surface area contributed by atoms with Crippen LogP contribution in [0.1, 0.15) is 112 Å². The fourth-order valence-corrected chi connectivity index (χ4v) is 3.24. The first-order valence-electron chi connectivity index (χ1n) is 10.0. The van der Waals surface area contributed by atoms with Crippen molar-refractivity contribution in [2.45, 2.75) is 112 Å². The molecule has 1 atom stereocenters. The lowest BCUT2D eigenvalue weighted by Crippen LogP contribution is -2.16. The van der Waals surface area contributed by atoms with Crippen molar-refractivity contribution < 1.29 is 9.53 Å². The molecular formula is C21H42O2. The van der Waals surface area contributed by atoms with Crippen LogP contribution in [0.25, 0.3) is 0 Å². The topological polar surface area (TPSA) is 26.3 Å². The van der Waals surface area contributed by atoms with E-state index in [4.69, 9.17) is 4.74 Å². The molecule has 0 spiro atoms. The molecule has 0 aliphatic carbocycles. The monoisotopic (exact) mass is 326 g/mol. The molecule has 0 aromatic rings. The molecule has 0 aromatic heterocycles. The maximum Gasteiger partial charge on any atom is 0.306 e. The van der Waals surface area contributed by atoms with Crippen molar-refractivity contribution in [1.82, 2.24) is 0 Å². The molecule has 0 aromatic carbocycles. The van der Waals surface area contributed by atoms with Crippen LogP contribution in [-0.2, 0) is 9.53 Å². The Kier molecular flexibility index (Phi) is 13.5. The van der Waals surface area contributed by atoms with E-state index in [0.29, 0.717) is 18.9 Å². The molecule has 138 valence electrons. The van der Waals surface area contributed by atoms with E-state index in [1.807, 2.05) is 0 Å². The molecule has 23 heavy (non-hydrogen) atoms. The smallest absolute Gasteiger partial charge is 0.306 e. The Morgan fingerprint density at radius 1 is 0.870 bits per heavy atom. The van der Waals surface area contributed by atoms with Crippen LogP contribution in [-0.4, -0.2) is 12.6 Å². The molecule has 0 aliphatic heterocycles. The largest absolute Gasteiger partial charge is 0.466 e. The summed E-state index contributed by atoms with van der Waals surface area (Å²) in [5.74, 6) is 0.396. The van der Waals surface area contributed by atoms with Crippen molar-refractivity contribution in [3.8, 4) is 0 Å². The third-order valence-corrected chi connectivity index (χ3v) is 4.24. The molecule has 0 heterocycles. The maximum atomic E-state index is 11.8. The molecule has 0 radical (unpaired) electrons. The number of esters is 1. The highest BCUT2D eigenvalue weighted by Gasteiger charge is 2.18. The Morgan fingerprint density at radius 2 is 1.35 bits per heavy atom. The van der Waals surface area contributed by atoms with Gasteiger partial charge >= 0.3 is 5.97 Å². The highest BCUT2D eigenvalue weighted by atomic mass is 16.5. The second kappa shape index (κ2) is 13.9. The van der Waals surface area contributed by atoms with E-state index in [0.717, 1.165) is 12.8 Å². The fraction of sp³-hybridized carbons (Fsp3) is 0.952. The summed E-state index contributed by atoms with van der Waals surface area (Å²) in [6.07, 6.45) is 14.7. The van der Waals surface area contributed by atoms with E-state index >= 15 is 0 Å². The standard InChI is InChI=1S/C21H42O2/c1-6-7-8-9-10-11-12-13-14-15-16-23-20(22)17-19(2)18-21(3,4)5/h19H,6-18H2,1-5H3. The third-order valence-electron chi connectivity index (χ3n) is 4.24. The quantitative estimate of drug-likeness (QED) is 0.256. The molecule has 0 fully saturated rings. The summed E-state index contributed by atoms with van der Waals surface area (Å²) in [6.45, 7) is 11.7. The van der Waals surface area contributed by atoms with Gasteiger partial charge in [0.2, 0.25) is 0 Å². The average molecular weight is 327 g/mol. The van der Waals surface area contributed by atoms with Crippen LogP contribution in [0, 0.1) is 11.3 Å². The molecule has 0 saturated carbocycles. The fourth-order valence-electron chi connectivity index (χ4n) is 3.24. The molecule has 2 nitrogen and oxygen atoms in total. The van der Waals surface area contributed by atoms with Gasteiger partial charge in [0, 0.05) is 6.42 Å². The summed E-state index contributed by atoms with van der Waals surface area (Å²) in [6, 6.07) is 0. The number of unbranched alkanes of at least 4 members (excludes halogenated alkanes) is 9. The Labute approximate surface area is 145 Å². The minimum Gasteiger partial charge on any atom is -0.466 e. The van der Waals surface area contributed by atoms with E-state index < -0.39 is 0 Å². The van der Waals surface area contributed by atoms with Crippen molar-refractivity contribution >= 4 is 5.97 Å². The molecular weight excluding hydrogens is 284 g/mol. The van der Waals surface area contributed by atoms with Crippen molar-refractivity contribution in [1.29, 1.82) is 0 Å². The van der Waals surface area contributed by atoms with E-state index in [1.54, 1.807) is 0 Å². The molecule has 0 aliphatic rings. The van der Waals surface area contributed by atoms with Gasteiger partial charge in [0.15, 0.2) is 0 Å².